The summed E-state index contributed by atoms with van der Waals surface area (Å²) in [6.07, 6.45) is 2.50. The molecule has 1 aromatic rings. The average molecular weight is 346 g/mol. The molecule has 2 N–H and O–H groups in total. The van der Waals surface area contributed by atoms with Gasteiger partial charge in [-0.2, -0.15) is 0 Å². The van der Waals surface area contributed by atoms with Crippen molar-refractivity contribution in [3.8, 4) is 0 Å². The SMILES string of the molecule is [CH2]CCCC(=O)N1CCN(C(=O)OCCc2ccc(CN)cc2)CC1. The third kappa shape index (κ3) is 6.05. The number of ether oxygens (including phenoxy) is 1. The van der Waals surface area contributed by atoms with Crippen molar-refractivity contribution in [3.63, 3.8) is 0 Å². The first-order valence-corrected chi connectivity index (χ1v) is 8.90. The van der Waals surface area contributed by atoms with E-state index in [2.05, 4.69) is 6.92 Å². The lowest BCUT2D eigenvalue weighted by Crippen LogP contribution is -2.50. The van der Waals surface area contributed by atoms with E-state index < -0.39 is 0 Å². The van der Waals surface area contributed by atoms with E-state index in [-0.39, 0.29) is 12.0 Å². The van der Waals surface area contributed by atoms with Crippen molar-refractivity contribution in [2.45, 2.75) is 32.2 Å². The molecule has 25 heavy (non-hydrogen) atoms. The molecule has 0 bridgehead atoms. The largest absolute Gasteiger partial charge is 0.449 e. The quantitative estimate of drug-likeness (QED) is 0.819. The maximum Gasteiger partial charge on any atom is 0.409 e. The molecule has 1 radical (unpaired) electrons. The Morgan fingerprint density at radius 3 is 2.24 bits per heavy atom. The van der Waals surface area contributed by atoms with Crippen molar-refractivity contribution in [2.75, 3.05) is 32.8 Å². The van der Waals surface area contributed by atoms with E-state index in [1.807, 2.05) is 29.2 Å². The Morgan fingerprint density at radius 2 is 1.64 bits per heavy atom. The summed E-state index contributed by atoms with van der Waals surface area (Å²) in [5, 5.41) is 0. The van der Waals surface area contributed by atoms with Crippen LogP contribution < -0.4 is 5.73 Å². The number of hydrogen-bond donors (Lipinski definition) is 1. The fourth-order valence-electron chi connectivity index (χ4n) is 2.76. The average Bonchev–Trinajstić information content (AvgIpc) is 2.66. The lowest BCUT2D eigenvalue weighted by molar-refractivity contribution is -0.132. The van der Waals surface area contributed by atoms with Crippen LogP contribution in [0.1, 0.15) is 30.4 Å². The standard InChI is InChI=1S/C19H28N3O3/c1-2-3-4-18(23)21-10-12-22(13-11-21)19(24)25-14-9-16-5-7-17(15-20)8-6-16/h5-8H,1-4,9-15,20H2. The summed E-state index contributed by atoms with van der Waals surface area (Å²) in [7, 11) is 0. The van der Waals surface area contributed by atoms with Crippen molar-refractivity contribution >= 4 is 12.0 Å². The van der Waals surface area contributed by atoms with Gasteiger partial charge in [-0.25, -0.2) is 4.79 Å². The fraction of sp³-hybridized carbons (Fsp3) is 0.526. The van der Waals surface area contributed by atoms with Crippen molar-refractivity contribution < 1.29 is 14.3 Å². The van der Waals surface area contributed by atoms with E-state index in [1.54, 1.807) is 4.90 Å². The highest BCUT2D eigenvalue weighted by atomic mass is 16.6. The highest BCUT2D eigenvalue weighted by Gasteiger charge is 2.24. The first-order valence-electron chi connectivity index (χ1n) is 8.90. The normalized spacial score (nSPS) is 14.5. The van der Waals surface area contributed by atoms with Crippen LogP contribution in [-0.4, -0.2) is 54.6 Å². The van der Waals surface area contributed by atoms with Gasteiger partial charge in [0.2, 0.25) is 5.91 Å². The molecule has 0 atom stereocenters. The predicted molar refractivity (Wildman–Crippen MR) is 96.7 cm³/mol. The number of carbonyl (C=O) groups excluding carboxylic acids is 2. The summed E-state index contributed by atoms with van der Waals surface area (Å²) in [4.78, 5) is 27.6. The number of benzene rings is 1. The first-order chi connectivity index (χ1) is 12.1. The molecule has 2 amide bonds. The lowest BCUT2D eigenvalue weighted by atomic mass is 10.1. The van der Waals surface area contributed by atoms with E-state index in [0.717, 1.165) is 24.0 Å². The zero-order valence-electron chi connectivity index (χ0n) is 14.8. The topological polar surface area (TPSA) is 75.9 Å². The third-order valence-electron chi connectivity index (χ3n) is 4.41. The maximum atomic E-state index is 12.1. The zero-order valence-corrected chi connectivity index (χ0v) is 14.8. The molecule has 1 aliphatic heterocycles. The predicted octanol–water partition coefficient (Wildman–Crippen LogP) is 1.97. The number of carbonyl (C=O) groups is 2. The molecule has 0 spiro atoms. The minimum absolute atomic E-state index is 0.151. The monoisotopic (exact) mass is 346 g/mol. The van der Waals surface area contributed by atoms with Gasteiger partial charge in [0.15, 0.2) is 0 Å². The van der Waals surface area contributed by atoms with Gasteiger partial charge >= 0.3 is 6.09 Å². The summed E-state index contributed by atoms with van der Waals surface area (Å²) < 4.78 is 5.35. The highest BCUT2D eigenvalue weighted by Crippen LogP contribution is 2.09. The zero-order chi connectivity index (χ0) is 18.1. The Balaban J connectivity index is 1.67. The van der Waals surface area contributed by atoms with Crippen molar-refractivity contribution in [1.29, 1.82) is 0 Å². The Morgan fingerprint density at radius 1 is 1.04 bits per heavy atom. The van der Waals surface area contributed by atoms with E-state index in [9.17, 15) is 9.59 Å². The molecule has 0 unspecified atom stereocenters. The van der Waals surface area contributed by atoms with Crippen LogP contribution in [0.2, 0.25) is 0 Å². The Hall–Kier alpha value is -2.08. The minimum Gasteiger partial charge on any atom is -0.449 e. The third-order valence-corrected chi connectivity index (χ3v) is 4.41. The summed E-state index contributed by atoms with van der Waals surface area (Å²) in [5.74, 6) is 0.151. The maximum absolute atomic E-state index is 12.1. The number of nitrogens with zero attached hydrogens (tertiary/aromatic N) is 2. The second-order valence-electron chi connectivity index (χ2n) is 6.21. The molecule has 6 nitrogen and oxygen atoms in total. The van der Waals surface area contributed by atoms with E-state index in [4.69, 9.17) is 10.5 Å². The molecule has 137 valence electrons. The first kappa shape index (κ1) is 19.2. The van der Waals surface area contributed by atoms with Gasteiger partial charge in [0, 0.05) is 45.6 Å². The molecule has 0 aliphatic carbocycles. The van der Waals surface area contributed by atoms with Crippen LogP contribution in [0.5, 0.6) is 0 Å². The second-order valence-corrected chi connectivity index (χ2v) is 6.21. The van der Waals surface area contributed by atoms with Gasteiger partial charge in [-0.3, -0.25) is 4.79 Å². The summed E-state index contributed by atoms with van der Waals surface area (Å²) >= 11 is 0. The van der Waals surface area contributed by atoms with Gasteiger partial charge < -0.3 is 20.3 Å². The molecule has 0 saturated carbocycles. The Kier molecular flexibility index (Phi) is 7.73. The molecule has 1 saturated heterocycles. The van der Waals surface area contributed by atoms with E-state index in [1.165, 1.54) is 0 Å². The summed E-state index contributed by atoms with van der Waals surface area (Å²) in [5.41, 5.74) is 7.78. The van der Waals surface area contributed by atoms with Crippen LogP contribution >= 0.6 is 0 Å². The number of amides is 2. The van der Waals surface area contributed by atoms with Gasteiger partial charge in [0.25, 0.3) is 0 Å². The van der Waals surface area contributed by atoms with Gasteiger partial charge in [0.1, 0.15) is 0 Å². The molecule has 6 heteroatoms. The Bertz CT molecular complexity index is 552. The van der Waals surface area contributed by atoms with Crippen LogP contribution in [0.15, 0.2) is 24.3 Å². The van der Waals surface area contributed by atoms with Crippen molar-refractivity contribution in [2.24, 2.45) is 5.73 Å². The number of unbranched alkanes of at least 4 members (excludes halogenated alkanes) is 1. The molecular weight excluding hydrogens is 318 g/mol. The number of nitrogens with two attached hydrogens (primary N) is 1. The van der Waals surface area contributed by atoms with Gasteiger partial charge in [-0.1, -0.05) is 37.6 Å². The molecular formula is C19H28N3O3. The van der Waals surface area contributed by atoms with Crippen LogP contribution in [-0.2, 0) is 22.5 Å². The van der Waals surface area contributed by atoms with Crippen LogP contribution in [0.3, 0.4) is 0 Å². The summed E-state index contributed by atoms with van der Waals surface area (Å²) in [6.45, 7) is 6.83. The second kappa shape index (κ2) is 10.0. The molecule has 1 aromatic carbocycles. The smallest absolute Gasteiger partial charge is 0.409 e. The molecule has 1 aliphatic rings. The molecule has 1 fully saturated rings. The van der Waals surface area contributed by atoms with Crippen molar-refractivity contribution in [3.05, 3.63) is 42.3 Å². The van der Waals surface area contributed by atoms with Crippen LogP contribution in [0, 0.1) is 6.92 Å². The molecule has 2 rings (SSSR count). The minimum atomic E-state index is -0.302. The lowest BCUT2D eigenvalue weighted by Gasteiger charge is -2.34. The van der Waals surface area contributed by atoms with Gasteiger partial charge in [0.05, 0.1) is 6.61 Å². The van der Waals surface area contributed by atoms with Crippen LogP contribution in [0.4, 0.5) is 4.79 Å². The molecule has 1 heterocycles. The van der Waals surface area contributed by atoms with Crippen LogP contribution in [0.25, 0.3) is 0 Å². The van der Waals surface area contributed by atoms with E-state index in [0.29, 0.717) is 52.2 Å². The number of rotatable bonds is 7. The van der Waals surface area contributed by atoms with Gasteiger partial charge in [-0.05, 0) is 17.5 Å². The highest BCUT2D eigenvalue weighted by molar-refractivity contribution is 5.76. The fourth-order valence-corrected chi connectivity index (χ4v) is 2.76. The Labute approximate surface area is 149 Å². The summed E-state index contributed by atoms with van der Waals surface area (Å²) in [6, 6.07) is 7.99. The molecule has 0 aromatic heterocycles. The number of hydrogen-bond acceptors (Lipinski definition) is 4. The van der Waals surface area contributed by atoms with Gasteiger partial charge in [-0.15, -0.1) is 0 Å². The van der Waals surface area contributed by atoms with Crippen molar-refractivity contribution in [1.82, 2.24) is 9.80 Å². The number of piperazine rings is 1. The van der Waals surface area contributed by atoms with E-state index >= 15 is 0 Å².